The largest absolute Gasteiger partial charge is 0.495 e. The van der Waals surface area contributed by atoms with E-state index < -0.39 is 4.92 Å². The van der Waals surface area contributed by atoms with Crippen LogP contribution in [0.25, 0.3) is 0 Å². The van der Waals surface area contributed by atoms with Crippen molar-refractivity contribution in [1.29, 1.82) is 0 Å². The molecule has 0 aliphatic carbocycles. The topological polar surface area (TPSA) is 90.5 Å². The third-order valence-electron chi connectivity index (χ3n) is 4.24. The second-order valence-electron chi connectivity index (χ2n) is 5.76. The van der Waals surface area contributed by atoms with Crippen molar-refractivity contribution in [2.24, 2.45) is 0 Å². The van der Waals surface area contributed by atoms with E-state index in [9.17, 15) is 14.9 Å². The van der Waals surface area contributed by atoms with Gasteiger partial charge < -0.3 is 19.8 Å². The van der Waals surface area contributed by atoms with Gasteiger partial charge in [0.15, 0.2) is 0 Å². The molecule has 0 fully saturated rings. The van der Waals surface area contributed by atoms with Gasteiger partial charge in [0.05, 0.1) is 12.8 Å². The fraction of sp³-hybridized carbons (Fsp3) is 0.375. The minimum absolute atomic E-state index is 0.0399. The number of ether oxygens (including phenoxy) is 1. The summed E-state index contributed by atoms with van der Waals surface area (Å²) < 4.78 is 6.87. The molecule has 0 radical (unpaired) electrons. The number of nitrogens with zero attached hydrogens (tertiary/aromatic N) is 4. The number of fused-ring (bicyclic) bond motifs is 1. The molecule has 0 bridgehead atoms. The Morgan fingerprint density at radius 1 is 1.48 bits per heavy atom. The molecule has 1 aliphatic heterocycles. The Morgan fingerprint density at radius 2 is 2.24 bits per heavy atom. The summed E-state index contributed by atoms with van der Waals surface area (Å²) in [6, 6.07) is 3.50. The van der Waals surface area contributed by atoms with E-state index in [2.05, 4.69) is 4.98 Å². The van der Waals surface area contributed by atoms with Gasteiger partial charge in [-0.2, -0.15) is 0 Å². The SMILES string of the molecule is COc1ccc(Cl)c2c1N(C(=O)Cn1cc([N+](=O)[O-])nc1C)CCC2. The normalized spacial score (nSPS) is 13.5. The maximum absolute atomic E-state index is 12.8. The smallest absolute Gasteiger partial charge is 0.381 e. The number of carbonyl (C=O) groups is 1. The molecular weight excluding hydrogens is 348 g/mol. The number of aromatic nitrogens is 2. The van der Waals surface area contributed by atoms with E-state index >= 15 is 0 Å². The highest BCUT2D eigenvalue weighted by Gasteiger charge is 2.28. The second kappa shape index (κ2) is 6.72. The zero-order valence-electron chi connectivity index (χ0n) is 13.9. The van der Waals surface area contributed by atoms with Gasteiger partial charge in [-0.3, -0.25) is 9.36 Å². The Labute approximate surface area is 149 Å². The number of imidazole rings is 1. The van der Waals surface area contributed by atoms with Crippen molar-refractivity contribution >= 4 is 29.0 Å². The molecule has 0 N–H and O–H groups in total. The second-order valence-corrected chi connectivity index (χ2v) is 6.16. The van der Waals surface area contributed by atoms with E-state index in [-0.39, 0.29) is 18.3 Å². The van der Waals surface area contributed by atoms with Crippen molar-refractivity contribution in [1.82, 2.24) is 9.55 Å². The average molecular weight is 365 g/mol. The lowest BCUT2D eigenvalue weighted by Gasteiger charge is -2.31. The molecule has 0 spiro atoms. The number of rotatable bonds is 4. The number of benzene rings is 1. The highest BCUT2D eigenvalue weighted by atomic mass is 35.5. The van der Waals surface area contributed by atoms with Crippen molar-refractivity contribution in [3.05, 3.63) is 44.9 Å². The van der Waals surface area contributed by atoms with Gasteiger partial charge in [0.2, 0.25) is 11.7 Å². The van der Waals surface area contributed by atoms with Crippen LogP contribution in [0, 0.1) is 17.0 Å². The first kappa shape index (κ1) is 17.2. The van der Waals surface area contributed by atoms with Crippen LogP contribution in [0.15, 0.2) is 18.3 Å². The van der Waals surface area contributed by atoms with Crippen LogP contribution in [0.4, 0.5) is 11.5 Å². The summed E-state index contributed by atoms with van der Waals surface area (Å²) >= 11 is 6.28. The molecule has 0 saturated carbocycles. The molecule has 2 aromatic rings. The molecule has 9 heteroatoms. The zero-order valence-corrected chi connectivity index (χ0v) is 14.6. The molecule has 132 valence electrons. The quantitative estimate of drug-likeness (QED) is 0.614. The maximum atomic E-state index is 12.8. The summed E-state index contributed by atoms with van der Waals surface area (Å²) in [4.78, 5) is 28.6. The molecule has 1 aromatic carbocycles. The summed E-state index contributed by atoms with van der Waals surface area (Å²) in [5.41, 5.74) is 1.56. The molecule has 0 atom stereocenters. The Balaban J connectivity index is 1.93. The lowest BCUT2D eigenvalue weighted by molar-refractivity contribution is -0.389. The van der Waals surface area contributed by atoms with E-state index in [1.807, 2.05) is 0 Å². The van der Waals surface area contributed by atoms with Crippen molar-refractivity contribution in [3.8, 4) is 5.75 Å². The standard InChI is InChI=1S/C16H17ClN4O4/c1-10-18-14(21(23)24)8-19(10)9-15(22)20-7-3-4-11-12(17)5-6-13(25-2)16(11)20/h5-6,8H,3-4,7,9H2,1-2H3. The van der Waals surface area contributed by atoms with E-state index in [1.54, 1.807) is 31.1 Å². The lowest BCUT2D eigenvalue weighted by Crippen LogP contribution is -2.38. The Bertz CT molecular complexity index is 849. The van der Waals surface area contributed by atoms with Crippen LogP contribution in [0.2, 0.25) is 5.02 Å². The number of aryl methyl sites for hydroxylation is 1. The molecule has 1 amide bonds. The number of halogens is 1. The minimum Gasteiger partial charge on any atom is -0.495 e. The first-order valence-electron chi connectivity index (χ1n) is 7.76. The Hall–Kier alpha value is -2.61. The first-order valence-corrected chi connectivity index (χ1v) is 8.14. The average Bonchev–Trinajstić information content (AvgIpc) is 2.96. The number of anilines is 1. The molecule has 0 unspecified atom stereocenters. The fourth-order valence-electron chi connectivity index (χ4n) is 3.03. The molecular formula is C16H17ClN4O4. The van der Waals surface area contributed by atoms with Crippen LogP contribution in [-0.2, 0) is 17.8 Å². The number of methoxy groups -OCH3 is 1. The van der Waals surface area contributed by atoms with Crippen molar-refractivity contribution < 1.29 is 14.5 Å². The number of nitro groups is 1. The van der Waals surface area contributed by atoms with E-state index in [0.717, 1.165) is 18.4 Å². The fourth-order valence-corrected chi connectivity index (χ4v) is 3.28. The van der Waals surface area contributed by atoms with Crippen LogP contribution in [0.1, 0.15) is 17.8 Å². The summed E-state index contributed by atoms with van der Waals surface area (Å²) in [7, 11) is 1.55. The molecule has 25 heavy (non-hydrogen) atoms. The summed E-state index contributed by atoms with van der Waals surface area (Å²) in [6.07, 6.45) is 2.83. The first-order chi connectivity index (χ1) is 11.9. The summed E-state index contributed by atoms with van der Waals surface area (Å²) in [5, 5.41) is 11.4. The molecule has 1 aliphatic rings. The predicted molar refractivity (Wildman–Crippen MR) is 92.3 cm³/mol. The molecule has 8 nitrogen and oxygen atoms in total. The van der Waals surface area contributed by atoms with E-state index in [1.165, 1.54) is 10.8 Å². The van der Waals surface area contributed by atoms with E-state index in [0.29, 0.717) is 28.8 Å². The van der Waals surface area contributed by atoms with Crippen LogP contribution < -0.4 is 9.64 Å². The van der Waals surface area contributed by atoms with Gasteiger partial charge in [-0.15, -0.1) is 0 Å². The molecule has 0 saturated heterocycles. The van der Waals surface area contributed by atoms with Gasteiger partial charge in [-0.05, 0) is 40.4 Å². The van der Waals surface area contributed by atoms with Crippen LogP contribution in [0.3, 0.4) is 0 Å². The third kappa shape index (κ3) is 3.17. The Kier molecular flexibility index (Phi) is 4.63. The maximum Gasteiger partial charge on any atom is 0.381 e. The zero-order chi connectivity index (χ0) is 18.1. The van der Waals surface area contributed by atoms with Gasteiger partial charge in [-0.25, -0.2) is 0 Å². The highest BCUT2D eigenvalue weighted by Crippen LogP contribution is 2.40. The number of carbonyl (C=O) groups excluding carboxylic acids is 1. The minimum atomic E-state index is -0.576. The molecule has 2 heterocycles. The number of amides is 1. The van der Waals surface area contributed by atoms with Gasteiger partial charge in [0, 0.05) is 18.5 Å². The van der Waals surface area contributed by atoms with Crippen LogP contribution in [0.5, 0.6) is 5.75 Å². The monoisotopic (exact) mass is 364 g/mol. The van der Waals surface area contributed by atoms with Crippen LogP contribution >= 0.6 is 11.6 Å². The molecule has 3 rings (SSSR count). The van der Waals surface area contributed by atoms with Crippen molar-refractivity contribution in [2.45, 2.75) is 26.3 Å². The highest BCUT2D eigenvalue weighted by molar-refractivity contribution is 6.32. The lowest BCUT2D eigenvalue weighted by atomic mass is 10.0. The van der Waals surface area contributed by atoms with Gasteiger partial charge in [0.25, 0.3) is 0 Å². The molecule has 1 aromatic heterocycles. The van der Waals surface area contributed by atoms with Crippen molar-refractivity contribution in [3.63, 3.8) is 0 Å². The van der Waals surface area contributed by atoms with Gasteiger partial charge in [0.1, 0.15) is 18.5 Å². The summed E-state index contributed by atoms with van der Waals surface area (Å²) in [6.45, 7) is 2.13. The number of hydrogen-bond acceptors (Lipinski definition) is 5. The number of hydrogen-bond donors (Lipinski definition) is 0. The predicted octanol–water partition coefficient (Wildman–Crippen LogP) is 2.74. The van der Waals surface area contributed by atoms with Crippen molar-refractivity contribution in [2.75, 3.05) is 18.6 Å². The van der Waals surface area contributed by atoms with Crippen LogP contribution in [-0.4, -0.2) is 34.0 Å². The summed E-state index contributed by atoms with van der Waals surface area (Å²) in [5.74, 6) is 0.526. The van der Waals surface area contributed by atoms with Gasteiger partial charge in [-0.1, -0.05) is 11.6 Å². The Morgan fingerprint density at radius 3 is 2.88 bits per heavy atom. The van der Waals surface area contributed by atoms with Gasteiger partial charge >= 0.3 is 5.82 Å². The van der Waals surface area contributed by atoms with E-state index in [4.69, 9.17) is 16.3 Å². The third-order valence-corrected chi connectivity index (χ3v) is 4.60.